The second kappa shape index (κ2) is 20.9. The van der Waals surface area contributed by atoms with Crippen molar-refractivity contribution in [1.29, 1.82) is 0 Å². The van der Waals surface area contributed by atoms with Crippen molar-refractivity contribution in [1.82, 2.24) is 0 Å². The van der Waals surface area contributed by atoms with E-state index in [4.69, 9.17) is 64.2 Å². The Kier molecular flexibility index (Phi) is 41.5. The first-order valence-corrected chi connectivity index (χ1v) is 10.2. The Bertz CT molecular complexity index is 485. The van der Waals surface area contributed by atoms with Crippen LogP contribution >= 0.6 is 0 Å². The second-order valence-corrected chi connectivity index (χ2v) is 6.23. The van der Waals surface area contributed by atoms with Crippen LogP contribution in [0.3, 0.4) is 0 Å². The summed E-state index contributed by atoms with van der Waals surface area (Å²) >= 11 is -22.5. The predicted octanol–water partition coefficient (Wildman–Crippen LogP) is -10.9. The van der Waals surface area contributed by atoms with Crippen LogP contribution in [0.15, 0.2) is 0 Å². The Balaban J connectivity index is -0.0000000284. The molecule has 0 aliphatic heterocycles. The number of hydrogen-bond acceptors (Lipinski definition) is 16. The molecule has 0 fully saturated rings. The first-order chi connectivity index (χ1) is 8.00. The van der Waals surface area contributed by atoms with Gasteiger partial charge in [0.25, 0.3) is 0 Å². The molecule has 0 heterocycles. The SMILES string of the molecule is [Gd+3].[La+3].[O]=[Mn](=[O])([O-])[O-].[O]=[Mn](=[O])([O-])[O-].[O]=[Mn](=[O])([O-])[O-].[O]=[Mn](=[O])([O-])[O-].[Sr+2]. The average molecular weight is 860 g/mol. The molecule has 0 aromatic carbocycles. The van der Waals surface area contributed by atoms with Crippen molar-refractivity contribution in [2.45, 2.75) is 0 Å². The summed E-state index contributed by atoms with van der Waals surface area (Å²) in [5.74, 6) is 0. The van der Waals surface area contributed by atoms with Crippen molar-refractivity contribution < 1.29 is 193 Å². The molecular weight excluding hydrogens is 860 g/mol. The van der Waals surface area contributed by atoms with E-state index in [1.165, 1.54) is 0 Å². The summed E-state index contributed by atoms with van der Waals surface area (Å²) < 4.78 is 137. The van der Waals surface area contributed by atoms with Crippen LogP contribution in [0.25, 0.3) is 0 Å². The van der Waals surface area contributed by atoms with Crippen molar-refractivity contribution in [3.63, 3.8) is 0 Å². The van der Waals surface area contributed by atoms with Crippen LogP contribution in [-0.4, -0.2) is 45.5 Å². The van der Waals surface area contributed by atoms with Crippen LogP contribution < -0.4 is 33.5 Å². The molecule has 0 aromatic heterocycles. The van der Waals surface area contributed by atoms with E-state index in [-0.39, 0.29) is 121 Å². The van der Waals surface area contributed by atoms with Crippen molar-refractivity contribution in [2.24, 2.45) is 0 Å². The van der Waals surface area contributed by atoms with Gasteiger partial charge >= 0.3 is 239 Å². The normalized spacial score (nSPS) is 10.1. The van der Waals surface area contributed by atoms with Crippen LogP contribution in [0.2, 0.25) is 0 Å². The Morgan fingerprint density at radius 3 is 0.391 bits per heavy atom. The maximum absolute atomic E-state index is 8.58. The zero-order chi connectivity index (χ0) is 18.0. The minimum absolute atomic E-state index is 0. The fourth-order valence-electron chi connectivity index (χ4n) is 0. The topological polar surface area (TPSA) is 321 Å². The Hall–Kier alpha value is 4.16. The minimum Gasteiger partial charge on any atom is 2.00 e. The summed E-state index contributed by atoms with van der Waals surface area (Å²) in [6.45, 7) is 0. The van der Waals surface area contributed by atoms with Gasteiger partial charge in [-0.2, -0.15) is 0 Å². The van der Waals surface area contributed by atoms with Gasteiger partial charge in [-0.05, 0) is 0 Å². The van der Waals surface area contributed by atoms with Crippen molar-refractivity contribution in [3.8, 4) is 0 Å². The predicted molar refractivity (Wildman–Crippen MR) is 11.2 cm³/mol. The van der Waals surface area contributed by atoms with Crippen molar-refractivity contribution >= 4 is 45.5 Å². The van der Waals surface area contributed by atoms with E-state index in [0.29, 0.717) is 0 Å². The van der Waals surface area contributed by atoms with Crippen LogP contribution in [-0.2, 0) is 84.2 Å². The summed E-state index contributed by atoms with van der Waals surface area (Å²) in [5, 5.41) is 0. The zero-order valence-corrected chi connectivity index (χ0v) is 23.8. The van der Waals surface area contributed by atoms with E-state index in [1.54, 1.807) is 0 Å². The third-order valence-electron chi connectivity index (χ3n) is 0. The standard InChI is InChI=1S/Gd.La.4Mn.16O.Sr/q2*+3;;;;;;;;;;;;;8*-1;+2. The van der Waals surface area contributed by atoms with E-state index in [9.17, 15) is 0 Å². The second-order valence-electron chi connectivity index (χ2n) is 1.51. The maximum Gasteiger partial charge on any atom is 2.00 e. The van der Waals surface area contributed by atoms with Crippen LogP contribution in [0, 0.1) is 75.5 Å². The molecule has 23 heteroatoms. The van der Waals surface area contributed by atoms with Gasteiger partial charge in [0.05, 0.1) is 0 Å². The molecule has 0 saturated carbocycles. The maximum atomic E-state index is 8.58. The number of rotatable bonds is 0. The van der Waals surface area contributed by atoms with E-state index in [0.717, 1.165) is 0 Å². The molecule has 1 radical (unpaired) electrons. The molecule has 0 amide bonds. The van der Waals surface area contributed by atoms with Gasteiger partial charge in [-0.1, -0.05) is 0 Å². The first kappa shape index (κ1) is 45.7. The molecule has 0 bridgehead atoms. The smallest absolute Gasteiger partial charge is 2.00 e. The van der Waals surface area contributed by atoms with Gasteiger partial charge in [0.1, 0.15) is 0 Å². The largest absolute Gasteiger partial charge is 2.00 e. The van der Waals surface area contributed by atoms with Gasteiger partial charge in [-0.3, -0.25) is 0 Å². The molecule has 0 unspecified atom stereocenters. The zero-order valence-electron chi connectivity index (χ0n) is 9.68. The summed E-state index contributed by atoms with van der Waals surface area (Å²) in [5.41, 5.74) is 0. The summed E-state index contributed by atoms with van der Waals surface area (Å²) in [7, 11) is 0. The third kappa shape index (κ3) is 883. The Morgan fingerprint density at radius 1 is 0.391 bits per heavy atom. The molecule has 0 spiro atoms. The molecule has 23 heavy (non-hydrogen) atoms. The van der Waals surface area contributed by atoms with Gasteiger partial charge in [0.2, 0.25) is 0 Å². The third-order valence-corrected chi connectivity index (χ3v) is 0. The molecule has 0 aliphatic carbocycles. The molecule has 0 aliphatic rings. The van der Waals surface area contributed by atoms with Crippen LogP contribution in [0.1, 0.15) is 0 Å². The van der Waals surface area contributed by atoms with Gasteiger partial charge in [-0.25, -0.2) is 0 Å². The molecule has 16 nitrogen and oxygen atoms in total. The van der Waals surface area contributed by atoms with Gasteiger partial charge in [-0.15, -0.1) is 0 Å². The van der Waals surface area contributed by atoms with Crippen LogP contribution in [0.5, 0.6) is 0 Å². The van der Waals surface area contributed by atoms with E-state index in [1.807, 2.05) is 0 Å². The molecule has 137 valence electrons. The minimum atomic E-state index is -5.62. The monoisotopic (exact) mass is 860 g/mol. The van der Waals surface area contributed by atoms with E-state index >= 15 is 0 Å². The van der Waals surface area contributed by atoms with Gasteiger partial charge < -0.3 is 0 Å². The molecule has 0 saturated heterocycles. The van der Waals surface area contributed by atoms with E-state index in [2.05, 4.69) is 0 Å². The quantitative estimate of drug-likeness (QED) is 0.204. The molecular formula is GdLaMn4O16Sr. The van der Waals surface area contributed by atoms with Gasteiger partial charge in [0, 0.05) is 0 Å². The molecule has 0 N–H and O–H groups in total. The summed E-state index contributed by atoms with van der Waals surface area (Å²) in [4.78, 5) is 0. The molecule has 0 rings (SSSR count). The first-order valence-electron chi connectivity index (χ1n) is 2.47. The number of hydrogen-bond donors (Lipinski definition) is 0. The molecule has 0 atom stereocenters. The Labute approximate surface area is 233 Å². The van der Waals surface area contributed by atoms with E-state index < -0.39 is 53.5 Å². The fraction of sp³-hybridized carbons (Fsp3) is 0. The summed E-state index contributed by atoms with van der Waals surface area (Å²) in [6, 6.07) is 0. The summed E-state index contributed by atoms with van der Waals surface area (Å²) in [6.07, 6.45) is 0. The van der Waals surface area contributed by atoms with Crippen molar-refractivity contribution in [2.75, 3.05) is 0 Å². The fourth-order valence-corrected chi connectivity index (χ4v) is 0. The Morgan fingerprint density at radius 2 is 0.391 bits per heavy atom. The molecule has 0 aromatic rings. The van der Waals surface area contributed by atoms with Crippen LogP contribution in [0.4, 0.5) is 0 Å². The van der Waals surface area contributed by atoms with Crippen molar-refractivity contribution in [3.05, 3.63) is 0 Å². The van der Waals surface area contributed by atoms with Gasteiger partial charge in [0.15, 0.2) is 0 Å². The average Bonchev–Trinajstić information content (AvgIpc) is 1.62.